The number of hydrogen-bond acceptors (Lipinski definition) is 7. The van der Waals surface area contributed by atoms with Crippen LogP contribution >= 0.6 is 0 Å². The normalized spacial score (nSPS) is 11.4. The Morgan fingerprint density at radius 2 is 1.74 bits per heavy atom. The van der Waals surface area contributed by atoms with Crippen LogP contribution in [0.5, 0.6) is 6.01 Å². The predicted molar refractivity (Wildman–Crippen MR) is 114 cm³/mol. The molecular weight excluding hydrogens is 477 g/mol. The van der Waals surface area contributed by atoms with E-state index in [4.69, 9.17) is 4.74 Å². The molecule has 2 aromatic carbocycles. The first kappa shape index (κ1) is 23.0. The van der Waals surface area contributed by atoms with Gasteiger partial charge in [-0.2, -0.15) is 22.2 Å². The van der Waals surface area contributed by atoms with Crippen molar-refractivity contribution in [3.05, 3.63) is 77.7 Å². The van der Waals surface area contributed by atoms with E-state index in [-0.39, 0.29) is 22.5 Å². The molecule has 0 bridgehead atoms. The number of para-hydroxylation sites is 1. The fraction of sp³-hybridized carbons (Fsp3) is 0.100. The first-order valence-corrected chi connectivity index (χ1v) is 11.1. The highest BCUT2D eigenvalue weighted by atomic mass is 32.2. The van der Waals surface area contributed by atoms with Crippen molar-refractivity contribution in [2.45, 2.75) is 6.92 Å². The Hall–Kier alpha value is -4.20. The lowest BCUT2D eigenvalue weighted by molar-refractivity contribution is 0.100. The molecule has 4 rings (SSSR count). The van der Waals surface area contributed by atoms with E-state index in [1.54, 1.807) is 13.0 Å². The molecule has 1 N–H and O–H groups in total. The van der Waals surface area contributed by atoms with E-state index in [9.17, 15) is 26.4 Å². The zero-order valence-corrected chi connectivity index (χ0v) is 18.1. The van der Waals surface area contributed by atoms with E-state index in [1.807, 2.05) is 4.72 Å². The molecule has 2 aromatic heterocycles. The standard InChI is InChI=1S/C20H15F3N6O4S/c1-2-33-20-24-11-15(23)17-25-19(26-28(17)20)27-34(31,32)29(16-13(21)9-6-10-14(16)22)18(30)12-7-4-3-5-8-12/h3-11H,2H2,1H3,(H,26,27). The fourth-order valence-electron chi connectivity index (χ4n) is 2.97. The van der Waals surface area contributed by atoms with E-state index in [0.29, 0.717) is 0 Å². The molecule has 0 aliphatic rings. The second-order valence-corrected chi connectivity index (χ2v) is 8.12. The Kier molecular flexibility index (Phi) is 6.06. The van der Waals surface area contributed by atoms with Crippen LogP contribution in [0.1, 0.15) is 17.3 Å². The minimum absolute atomic E-state index is 0.0866. The van der Waals surface area contributed by atoms with E-state index in [0.717, 1.165) is 28.9 Å². The van der Waals surface area contributed by atoms with Gasteiger partial charge in [0.1, 0.15) is 5.69 Å². The number of rotatable bonds is 7. The number of nitrogens with one attached hydrogen (secondary N) is 1. The van der Waals surface area contributed by atoms with Gasteiger partial charge in [0.2, 0.25) is 0 Å². The maximum absolute atomic E-state index is 14.6. The minimum Gasteiger partial charge on any atom is -0.464 e. The van der Waals surface area contributed by atoms with E-state index in [2.05, 4.69) is 15.1 Å². The highest BCUT2D eigenvalue weighted by Gasteiger charge is 2.35. The van der Waals surface area contributed by atoms with Gasteiger partial charge in [0.05, 0.1) is 12.8 Å². The molecule has 0 fully saturated rings. The van der Waals surface area contributed by atoms with Crippen LogP contribution in [0.3, 0.4) is 0 Å². The van der Waals surface area contributed by atoms with Crippen molar-refractivity contribution in [2.24, 2.45) is 0 Å². The molecule has 14 heteroatoms. The molecule has 176 valence electrons. The van der Waals surface area contributed by atoms with Gasteiger partial charge in [-0.1, -0.05) is 24.3 Å². The van der Waals surface area contributed by atoms with Crippen molar-refractivity contribution in [2.75, 3.05) is 15.6 Å². The summed E-state index contributed by atoms with van der Waals surface area (Å²) in [6.07, 6.45) is 0.799. The van der Waals surface area contributed by atoms with Crippen LogP contribution in [0.4, 0.5) is 24.8 Å². The van der Waals surface area contributed by atoms with Crippen molar-refractivity contribution in [1.29, 1.82) is 0 Å². The molecule has 0 aliphatic carbocycles. The quantitative estimate of drug-likeness (QED) is 0.421. The summed E-state index contributed by atoms with van der Waals surface area (Å²) < 4.78 is 77.5. The van der Waals surface area contributed by atoms with Gasteiger partial charge >= 0.3 is 16.2 Å². The maximum Gasteiger partial charge on any atom is 0.333 e. The number of carbonyl (C=O) groups is 1. The maximum atomic E-state index is 14.6. The summed E-state index contributed by atoms with van der Waals surface area (Å²) in [6.45, 7) is 1.77. The number of fused-ring (bicyclic) bond motifs is 1. The first-order valence-electron chi connectivity index (χ1n) is 9.63. The number of amides is 1. The van der Waals surface area contributed by atoms with Crippen LogP contribution < -0.4 is 13.8 Å². The van der Waals surface area contributed by atoms with Gasteiger partial charge in [-0.05, 0) is 31.2 Å². The topological polar surface area (TPSA) is 119 Å². The zero-order valence-electron chi connectivity index (χ0n) is 17.3. The molecule has 2 heterocycles. The van der Waals surface area contributed by atoms with Crippen molar-refractivity contribution in [3.63, 3.8) is 0 Å². The third-order valence-corrected chi connectivity index (χ3v) is 5.64. The average molecular weight is 492 g/mol. The summed E-state index contributed by atoms with van der Waals surface area (Å²) in [5, 5.41) is 3.79. The Bertz CT molecular complexity index is 1460. The van der Waals surface area contributed by atoms with Crippen molar-refractivity contribution in [3.8, 4) is 6.01 Å². The Balaban J connectivity index is 1.83. The first-order chi connectivity index (χ1) is 16.2. The number of aromatic nitrogens is 4. The second kappa shape index (κ2) is 8.97. The third kappa shape index (κ3) is 4.22. The number of carbonyl (C=O) groups excluding carboxylic acids is 1. The number of halogens is 3. The van der Waals surface area contributed by atoms with Crippen LogP contribution in [0.15, 0.2) is 54.7 Å². The van der Waals surface area contributed by atoms with Gasteiger partial charge in [-0.25, -0.2) is 22.9 Å². The van der Waals surface area contributed by atoms with Crippen LogP contribution in [0.2, 0.25) is 0 Å². The summed E-state index contributed by atoms with van der Waals surface area (Å²) in [4.78, 5) is 20.5. The average Bonchev–Trinajstić information content (AvgIpc) is 3.22. The third-order valence-electron chi connectivity index (χ3n) is 4.37. The summed E-state index contributed by atoms with van der Waals surface area (Å²) in [5.41, 5.74) is -1.75. The zero-order chi connectivity index (χ0) is 24.5. The molecular formula is C20H15F3N6O4S. The largest absolute Gasteiger partial charge is 0.464 e. The Morgan fingerprint density at radius 1 is 1.06 bits per heavy atom. The Labute approximate surface area is 190 Å². The highest BCUT2D eigenvalue weighted by Crippen LogP contribution is 2.28. The molecule has 0 radical (unpaired) electrons. The van der Waals surface area contributed by atoms with Crippen molar-refractivity contribution >= 4 is 33.4 Å². The van der Waals surface area contributed by atoms with E-state index < -0.39 is 50.9 Å². The van der Waals surface area contributed by atoms with Crippen LogP contribution in [-0.2, 0) is 10.2 Å². The number of hydrogen-bond donors (Lipinski definition) is 1. The van der Waals surface area contributed by atoms with Gasteiger partial charge in [0.15, 0.2) is 23.1 Å². The summed E-state index contributed by atoms with van der Waals surface area (Å²) in [6, 6.07) is 9.38. The number of ether oxygens (including phenoxy) is 1. The molecule has 0 unspecified atom stereocenters. The van der Waals surface area contributed by atoms with Gasteiger partial charge < -0.3 is 4.74 Å². The molecule has 0 atom stereocenters. The number of benzene rings is 2. The molecule has 4 aromatic rings. The van der Waals surface area contributed by atoms with Gasteiger partial charge in [-0.3, -0.25) is 4.79 Å². The smallest absolute Gasteiger partial charge is 0.333 e. The number of anilines is 2. The summed E-state index contributed by atoms with van der Waals surface area (Å²) in [5.74, 6) is -5.53. The van der Waals surface area contributed by atoms with Gasteiger partial charge in [0, 0.05) is 5.56 Å². The summed E-state index contributed by atoms with van der Waals surface area (Å²) >= 11 is 0. The molecule has 10 nitrogen and oxygen atoms in total. The van der Waals surface area contributed by atoms with Crippen molar-refractivity contribution < 1.29 is 31.1 Å². The number of nitrogens with zero attached hydrogens (tertiary/aromatic N) is 5. The molecule has 34 heavy (non-hydrogen) atoms. The molecule has 0 saturated carbocycles. The SMILES string of the molecule is CCOc1ncc(F)c2nc(NS(=O)(=O)N(C(=O)c3ccccc3)c3c(F)cccc3F)nn12. The van der Waals surface area contributed by atoms with Crippen LogP contribution in [-0.4, -0.2) is 40.5 Å². The Morgan fingerprint density at radius 3 is 2.38 bits per heavy atom. The lowest BCUT2D eigenvalue weighted by Crippen LogP contribution is -2.42. The molecule has 0 saturated heterocycles. The monoisotopic (exact) mass is 492 g/mol. The lowest BCUT2D eigenvalue weighted by Gasteiger charge is -2.23. The van der Waals surface area contributed by atoms with Crippen molar-refractivity contribution in [1.82, 2.24) is 19.6 Å². The molecule has 1 amide bonds. The van der Waals surface area contributed by atoms with Crippen LogP contribution in [0, 0.1) is 17.5 Å². The lowest BCUT2D eigenvalue weighted by atomic mass is 10.2. The highest BCUT2D eigenvalue weighted by molar-refractivity contribution is 7.94. The van der Waals surface area contributed by atoms with E-state index >= 15 is 0 Å². The predicted octanol–water partition coefficient (Wildman–Crippen LogP) is 2.94. The van der Waals surface area contributed by atoms with E-state index in [1.165, 1.54) is 24.3 Å². The second-order valence-electron chi connectivity index (χ2n) is 6.61. The molecule has 0 spiro atoms. The fourth-order valence-corrected chi connectivity index (χ4v) is 4.11. The minimum atomic E-state index is -5.07. The van der Waals surface area contributed by atoms with Gasteiger partial charge in [-0.15, -0.1) is 5.10 Å². The summed E-state index contributed by atoms with van der Waals surface area (Å²) in [7, 11) is -5.07. The van der Waals surface area contributed by atoms with Crippen LogP contribution in [0.25, 0.3) is 5.65 Å². The molecule has 0 aliphatic heterocycles. The van der Waals surface area contributed by atoms with Gasteiger partial charge in [0.25, 0.3) is 11.9 Å².